The number of benzene rings is 2. The van der Waals surface area contributed by atoms with Gasteiger partial charge in [-0.25, -0.2) is 4.39 Å². The van der Waals surface area contributed by atoms with Crippen LogP contribution in [0.15, 0.2) is 59.0 Å². The SMILES string of the molecule is O=C(NCc1cc2ccccc2o1)c1ccccc1F. The van der Waals surface area contributed by atoms with Crippen molar-refractivity contribution in [1.82, 2.24) is 5.32 Å². The van der Waals surface area contributed by atoms with Crippen LogP contribution in [0.1, 0.15) is 16.1 Å². The fraction of sp³-hybridized carbons (Fsp3) is 0.0625. The van der Waals surface area contributed by atoms with Crippen LogP contribution >= 0.6 is 0 Å². The first kappa shape index (κ1) is 12.4. The zero-order valence-corrected chi connectivity index (χ0v) is 10.6. The van der Waals surface area contributed by atoms with Crippen molar-refractivity contribution in [2.24, 2.45) is 0 Å². The van der Waals surface area contributed by atoms with E-state index in [4.69, 9.17) is 4.42 Å². The second-order valence-corrected chi connectivity index (χ2v) is 4.41. The van der Waals surface area contributed by atoms with Gasteiger partial charge in [0.15, 0.2) is 0 Å². The number of carbonyl (C=O) groups is 1. The molecular formula is C16H12FNO2. The maximum absolute atomic E-state index is 13.4. The summed E-state index contributed by atoms with van der Waals surface area (Å²) in [7, 11) is 0. The molecule has 0 saturated carbocycles. The summed E-state index contributed by atoms with van der Waals surface area (Å²) < 4.78 is 19.0. The van der Waals surface area contributed by atoms with Gasteiger partial charge < -0.3 is 9.73 Å². The highest BCUT2D eigenvalue weighted by Gasteiger charge is 2.11. The van der Waals surface area contributed by atoms with E-state index in [2.05, 4.69) is 5.32 Å². The van der Waals surface area contributed by atoms with Crippen LogP contribution in [0.25, 0.3) is 11.0 Å². The average Bonchev–Trinajstić information content (AvgIpc) is 2.88. The number of carbonyl (C=O) groups excluding carboxylic acids is 1. The Morgan fingerprint density at radius 2 is 1.85 bits per heavy atom. The quantitative estimate of drug-likeness (QED) is 0.790. The largest absolute Gasteiger partial charge is 0.459 e. The summed E-state index contributed by atoms with van der Waals surface area (Å²) in [6, 6.07) is 15.3. The molecule has 0 aliphatic heterocycles. The molecule has 0 atom stereocenters. The Labute approximate surface area is 115 Å². The highest BCUT2D eigenvalue weighted by Crippen LogP contribution is 2.18. The van der Waals surface area contributed by atoms with Gasteiger partial charge in [-0.2, -0.15) is 0 Å². The fourth-order valence-electron chi connectivity index (χ4n) is 2.03. The average molecular weight is 269 g/mol. The van der Waals surface area contributed by atoms with Gasteiger partial charge in [0.1, 0.15) is 17.2 Å². The van der Waals surface area contributed by atoms with Gasteiger partial charge in [0.05, 0.1) is 12.1 Å². The lowest BCUT2D eigenvalue weighted by atomic mass is 10.2. The Kier molecular flexibility index (Phi) is 3.21. The molecule has 3 rings (SSSR count). The maximum atomic E-state index is 13.4. The number of nitrogens with one attached hydrogen (secondary N) is 1. The number of hydrogen-bond acceptors (Lipinski definition) is 2. The van der Waals surface area contributed by atoms with Crippen LogP contribution in [0.2, 0.25) is 0 Å². The Morgan fingerprint density at radius 1 is 1.10 bits per heavy atom. The normalized spacial score (nSPS) is 10.7. The molecule has 1 aromatic heterocycles. The van der Waals surface area contributed by atoms with Gasteiger partial charge in [-0.1, -0.05) is 30.3 Å². The summed E-state index contributed by atoms with van der Waals surface area (Å²) in [5.41, 5.74) is 0.797. The summed E-state index contributed by atoms with van der Waals surface area (Å²) in [5, 5.41) is 3.62. The van der Waals surface area contributed by atoms with Crippen LogP contribution < -0.4 is 5.32 Å². The third kappa shape index (κ3) is 2.40. The lowest BCUT2D eigenvalue weighted by Crippen LogP contribution is -2.23. The van der Waals surface area contributed by atoms with Crippen LogP contribution in [0.4, 0.5) is 4.39 Å². The molecule has 1 heterocycles. The van der Waals surface area contributed by atoms with Crippen molar-refractivity contribution in [3.63, 3.8) is 0 Å². The number of furan rings is 1. The Bertz CT molecular complexity index is 731. The molecule has 1 N–H and O–H groups in total. The molecule has 0 fully saturated rings. The Hall–Kier alpha value is -2.62. The molecule has 0 bridgehead atoms. The molecule has 0 saturated heterocycles. The summed E-state index contributed by atoms with van der Waals surface area (Å²) in [6.45, 7) is 0.224. The highest BCUT2D eigenvalue weighted by molar-refractivity contribution is 5.94. The van der Waals surface area contributed by atoms with Gasteiger partial charge >= 0.3 is 0 Å². The molecule has 2 aromatic carbocycles. The predicted molar refractivity (Wildman–Crippen MR) is 73.8 cm³/mol. The molecule has 0 aliphatic carbocycles. The lowest BCUT2D eigenvalue weighted by molar-refractivity contribution is 0.0944. The van der Waals surface area contributed by atoms with Crippen LogP contribution in [-0.4, -0.2) is 5.91 Å². The van der Waals surface area contributed by atoms with E-state index in [-0.39, 0.29) is 12.1 Å². The first-order valence-electron chi connectivity index (χ1n) is 6.24. The smallest absolute Gasteiger partial charge is 0.254 e. The zero-order valence-electron chi connectivity index (χ0n) is 10.6. The van der Waals surface area contributed by atoms with E-state index >= 15 is 0 Å². The van der Waals surface area contributed by atoms with E-state index < -0.39 is 11.7 Å². The highest BCUT2D eigenvalue weighted by atomic mass is 19.1. The van der Waals surface area contributed by atoms with Crippen LogP contribution in [0.5, 0.6) is 0 Å². The number of para-hydroxylation sites is 1. The third-order valence-electron chi connectivity index (χ3n) is 3.02. The zero-order chi connectivity index (χ0) is 13.9. The molecule has 100 valence electrons. The topological polar surface area (TPSA) is 42.2 Å². The number of fused-ring (bicyclic) bond motifs is 1. The van der Waals surface area contributed by atoms with Gasteiger partial charge in [-0.3, -0.25) is 4.79 Å². The van der Waals surface area contributed by atoms with Crippen molar-refractivity contribution >= 4 is 16.9 Å². The summed E-state index contributed by atoms with van der Waals surface area (Å²) in [6.07, 6.45) is 0. The predicted octanol–water partition coefficient (Wildman–Crippen LogP) is 3.50. The molecule has 3 nitrogen and oxygen atoms in total. The van der Waals surface area contributed by atoms with Gasteiger partial charge in [-0.05, 0) is 24.3 Å². The van der Waals surface area contributed by atoms with Crippen molar-refractivity contribution in [3.05, 3.63) is 71.7 Å². The van der Waals surface area contributed by atoms with Gasteiger partial charge in [0.2, 0.25) is 0 Å². The third-order valence-corrected chi connectivity index (χ3v) is 3.02. The van der Waals surface area contributed by atoms with Crippen molar-refractivity contribution < 1.29 is 13.6 Å². The van der Waals surface area contributed by atoms with E-state index in [0.29, 0.717) is 5.76 Å². The first-order valence-corrected chi connectivity index (χ1v) is 6.24. The molecule has 3 aromatic rings. The molecule has 20 heavy (non-hydrogen) atoms. The van der Waals surface area contributed by atoms with Gasteiger partial charge in [0, 0.05) is 5.39 Å². The maximum Gasteiger partial charge on any atom is 0.254 e. The summed E-state index contributed by atoms with van der Waals surface area (Å²) in [5.74, 6) is -0.353. The van der Waals surface area contributed by atoms with Crippen molar-refractivity contribution in [2.45, 2.75) is 6.54 Å². The lowest BCUT2D eigenvalue weighted by Gasteiger charge is -2.03. The minimum absolute atomic E-state index is 0.0311. The molecule has 1 amide bonds. The van der Waals surface area contributed by atoms with Crippen LogP contribution in [0, 0.1) is 5.82 Å². The molecule has 0 aliphatic rings. The molecule has 4 heteroatoms. The second kappa shape index (κ2) is 5.17. The first-order chi connectivity index (χ1) is 9.74. The van der Waals surface area contributed by atoms with Crippen LogP contribution in [-0.2, 0) is 6.54 Å². The molecule has 0 radical (unpaired) electrons. The Balaban J connectivity index is 1.73. The van der Waals surface area contributed by atoms with E-state index in [1.165, 1.54) is 12.1 Å². The number of rotatable bonds is 3. The minimum atomic E-state index is -0.533. The summed E-state index contributed by atoms with van der Waals surface area (Å²) in [4.78, 5) is 11.9. The van der Waals surface area contributed by atoms with Crippen molar-refractivity contribution in [3.8, 4) is 0 Å². The number of amides is 1. The van der Waals surface area contributed by atoms with E-state index in [0.717, 1.165) is 11.0 Å². The monoisotopic (exact) mass is 269 g/mol. The Morgan fingerprint density at radius 3 is 2.65 bits per heavy atom. The van der Waals surface area contributed by atoms with Crippen molar-refractivity contribution in [2.75, 3.05) is 0 Å². The minimum Gasteiger partial charge on any atom is -0.459 e. The molecule has 0 unspecified atom stereocenters. The van der Waals surface area contributed by atoms with Gasteiger partial charge in [-0.15, -0.1) is 0 Å². The summed E-state index contributed by atoms with van der Waals surface area (Å²) >= 11 is 0. The molecule has 0 spiro atoms. The number of hydrogen-bond donors (Lipinski definition) is 1. The fourth-order valence-corrected chi connectivity index (χ4v) is 2.03. The standard InChI is InChI=1S/C16H12FNO2/c17-14-7-3-2-6-13(14)16(19)18-10-12-9-11-5-1-4-8-15(11)20-12/h1-9H,10H2,(H,18,19). The van der Waals surface area contributed by atoms with Crippen LogP contribution in [0.3, 0.4) is 0 Å². The van der Waals surface area contributed by atoms with Gasteiger partial charge in [0.25, 0.3) is 5.91 Å². The van der Waals surface area contributed by atoms with E-state index in [1.807, 2.05) is 30.3 Å². The number of halogens is 1. The molecular weight excluding hydrogens is 257 g/mol. The van der Waals surface area contributed by atoms with E-state index in [9.17, 15) is 9.18 Å². The van der Waals surface area contributed by atoms with E-state index in [1.54, 1.807) is 12.1 Å². The van der Waals surface area contributed by atoms with Crippen molar-refractivity contribution in [1.29, 1.82) is 0 Å². The second-order valence-electron chi connectivity index (χ2n) is 4.41.